The number of rotatable bonds is 5. The number of nitrogens with one attached hydrogen (secondary N) is 1. The molecule has 3 rings (SSSR count). The van der Waals surface area contributed by atoms with Gasteiger partial charge in [0.05, 0.1) is 10.9 Å². The fourth-order valence-corrected chi connectivity index (χ4v) is 3.48. The first-order valence-corrected chi connectivity index (χ1v) is 7.88. The Hall–Kier alpha value is -0.910. The second-order valence-corrected chi connectivity index (χ2v) is 6.57. The number of nitrogens with zero attached hydrogens (tertiary/aromatic N) is 3. The van der Waals surface area contributed by atoms with Gasteiger partial charge in [0.15, 0.2) is 0 Å². The van der Waals surface area contributed by atoms with Crippen molar-refractivity contribution in [2.75, 3.05) is 6.54 Å². The van der Waals surface area contributed by atoms with Crippen molar-refractivity contribution >= 4 is 22.9 Å². The molecule has 2 aromatic rings. The van der Waals surface area contributed by atoms with Crippen LogP contribution >= 0.6 is 22.9 Å². The highest BCUT2D eigenvalue weighted by Crippen LogP contribution is 2.21. The van der Waals surface area contributed by atoms with Crippen LogP contribution in [0.1, 0.15) is 29.4 Å². The fraction of sp³-hybridized carbons (Fsp3) is 0.538. The van der Waals surface area contributed by atoms with Crippen molar-refractivity contribution in [3.8, 4) is 0 Å². The van der Waals surface area contributed by atoms with Gasteiger partial charge in [-0.3, -0.25) is 0 Å². The maximum Gasteiger partial charge on any atom is 0.147 e. The van der Waals surface area contributed by atoms with Gasteiger partial charge >= 0.3 is 0 Å². The Morgan fingerprint density at radius 3 is 3.11 bits per heavy atom. The van der Waals surface area contributed by atoms with Gasteiger partial charge in [-0.25, -0.2) is 0 Å². The van der Waals surface area contributed by atoms with Crippen LogP contribution in [0.3, 0.4) is 0 Å². The molecule has 6 heteroatoms. The van der Waals surface area contributed by atoms with Crippen LogP contribution in [-0.2, 0) is 25.9 Å². The predicted molar refractivity (Wildman–Crippen MR) is 77.7 cm³/mol. The van der Waals surface area contributed by atoms with Crippen LogP contribution in [0.25, 0.3) is 0 Å². The number of fused-ring (bicyclic) bond motifs is 1. The number of aryl methyl sites for hydroxylation is 1. The van der Waals surface area contributed by atoms with E-state index in [1.165, 1.54) is 17.7 Å². The third-order valence-electron chi connectivity index (χ3n) is 3.40. The maximum atomic E-state index is 5.91. The Morgan fingerprint density at radius 1 is 1.32 bits per heavy atom. The molecule has 0 atom stereocenters. The molecule has 1 aliphatic heterocycles. The first-order chi connectivity index (χ1) is 9.33. The average Bonchev–Trinajstić information content (AvgIpc) is 3.02. The van der Waals surface area contributed by atoms with Gasteiger partial charge in [0.1, 0.15) is 11.6 Å². The summed E-state index contributed by atoms with van der Waals surface area (Å²) in [5, 5.41) is 12.0. The van der Waals surface area contributed by atoms with Gasteiger partial charge in [-0.05, 0) is 31.4 Å². The summed E-state index contributed by atoms with van der Waals surface area (Å²) < 4.78 is 3.12. The lowest BCUT2D eigenvalue weighted by molar-refractivity contribution is 0.498. The quantitative estimate of drug-likeness (QED) is 0.863. The Kier molecular flexibility index (Phi) is 4.15. The number of hydrogen-bond acceptors (Lipinski definition) is 4. The SMILES string of the molecule is Clc1ccc(CCNCc2nnc3n2CCCC3)s1. The summed E-state index contributed by atoms with van der Waals surface area (Å²) >= 11 is 7.56. The molecule has 2 aromatic heterocycles. The van der Waals surface area contributed by atoms with Crippen LogP contribution in [0.2, 0.25) is 4.34 Å². The van der Waals surface area contributed by atoms with Gasteiger partial charge < -0.3 is 9.88 Å². The molecule has 0 aliphatic carbocycles. The summed E-state index contributed by atoms with van der Waals surface area (Å²) in [4.78, 5) is 1.32. The lowest BCUT2D eigenvalue weighted by atomic mass is 10.2. The van der Waals surface area contributed by atoms with Crippen LogP contribution in [-0.4, -0.2) is 21.3 Å². The second-order valence-electron chi connectivity index (χ2n) is 4.77. The minimum atomic E-state index is 0.798. The standard InChI is InChI=1S/C13H17ClN4S/c14-11-5-4-10(19-11)6-7-15-9-13-17-16-12-3-1-2-8-18(12)13/h4-5,15H,1-3,6-9H2. The molecule has 0 saturated heterocycles. The third kappa shape index (κ3) is 3.16. The molecule has 0 spiro atoms. The van der Waals surface area contributed by atoms with E-state index < -0.39 is 0 Å². The summed E-state index contributed by atoms with van der Waals surface area (Å²) in [5.74, 6) is 2.21. The van der Waals surface area contributed by atoms with Gasteiger partial charge in [0, 0.05) is 24.4 Å². The van der Waals surface area contributed by atoms with E-state index in [1.807, 2.05) is 6.07 Å². The van der Waals surface area contributed by atoms with Crippen LogP contribution in [0, 0.1) is 0 Å². The number of hydrogen-bond donors (Lipinski definition) is 1. The summed E-state index contributed by atoms with van der Waals surface area (Å²) in [7, 11) is 0. The van der Waals surface area contributed by atoms with Gasteiger partial charge in [-0.1, -0.05) is 11.6 Å². The summed E-state index contributed by atoms with van der Waals surface area (Å²) in [6, 6.07) is 4.05. The van der Waals surface area contributed by atoms with E-state index >= 15 is 0 Å². The molecule has 1 aliphatic rings. The monoisotopic (exact) mass is 296 g/mol. The van der Waals surface area contributed by atoms with Crippen LogP contribution in [0.5, 0.6) is 0 Å². The molecule has 0 saturated carbocycles. The van der Waals surface area contributed by atoms with E-state index in [0.717, 1.165) is 48.5 Å². The van der Waals surface area contributed by atoms with Gasteiger partial charge in [0.2, 0.25) is 0 Å². The Balaban J connectivity index is 1.48. The molecule has 0 amide bonds. The molecule has 1 N–H and O–H groups in total. The van der Waals surface area contributed by atoms with Crippen molar-refractivity contribution in [2.24, 2.45) is 0 Å². The second kappa shape index (κ2) is 6.03. The van der Waals surface area contributed by atoms with E-state index in [-0.39, 0.29) is 0 Å². The molecule has 0 bridgehead atoms. The molecule has 0 radical (unpaired) electrons. The molecule has 0 aromatic carbocycles. The van der Waals surface area contributed by atoms with Crippen LogP contribution in [0.4, 0.5) is 0 Å². The molecule has 4 nitrogen and oxygen atoms in total. The Morgan fingerprint density at radius 2 is 2.26 bits per heavy atom. The largest absolute Gasteiger partial charge is 0.314 e. The molecular weight excluding hydrogens is 280 g/mol. The zero-order chi connectivity index (χ0) is 13.1. The molecule has 19 heavy (non-hydrogen) atoms. The Bertz CT molecular complexity index is 549. The zero-order valence-corrected chi connectivity index (χ0v) is 12.3. The molecule has 102 valence electrons. The summed E-state index contributed by atoms with van der Waals surface area (Å²) in [6.45, 7) is 2.81. The molecule has 3 heterocycles. The third-order valence-corrected chi connectivity index (χ3v) is 4.69. The van der Waals surface area contributed by atoms with Crippen LogP contribution < -0.4 is 5.32 Å². The smallest absolute Gasteiger partial charge is 0.147 e. The number of halogens is 1. The van der Waals surface area contributed by atoms with Gasteiger partial charge in [-0.2, -0.15) is 0 Å². The summed E-state index contributed by atoms with van der Waals surface area (Å²) in [6.07, 6.45) is 4.56. The van der Waals surface area contributed by atoms with Crippen molar-refractivity contribution in [3.63, 3.8) is 0 Å². The molecule has 0 unspecified atom stereocenters. The highest BCUT2D eigenvalue weighted by atomic mass is 35.5. The van der Waals surface area contributed by atoms with Crippen molar-refractivity contribution in [1.29, 1.82) is 0 Å². The van der Waals surface area contributed by atoms with Crippen molar-refractivity contribution < 1.29 is 0 Å². The van der Waals surface area contributed by atoms with Gasteiger partial charge in [-0.15, -0.1) is 21.5 Å². The highest BCUT2D eigenvalue weighted by Gasteiger charge is 2.14. The van der Waals surface area contributed by atoms with E-state index in [0.29, 0.717) is 0 Å². The van der Waals surface area contributed by atoms with E-state index in [1.54, 1.807) is 11.3 Å². The van der Waals surface area contributed by atoms with Crippen LogP contribution in [0.15, 0.2) is 12.1 Å². The average molecular weight is 297 g/mol. The molecule has 0 fully saturated rings. The topological polar surface area (TPSA) is 42.7 Å². The number of aromatic nitrogens is 3. The maximum absolute atomic E-state index is 5.91. The van der Waals surface area contributed by atoms with Gasteiger partial charge in [0.25, 0.3) is 0 Å². The minimum absolute atomic E-state index is 0.798. The normalized spacial score (nSPS) is 14.6. The van der Waals surface area contributed by atoms with E-state index in [2.05, 4.69) is 26.1 Å². The fourth-order valence-electron chi connectivity index (χ4n) is 2.40. The van der Waals surface area contributed by atoms with Crippen molar-refractivity contribution in [3.05, 3.63) is 33.0 Å². The lowest BCUT2D eigenvalue weighted by Crippen LogP contribution is -2.21. The minimum Gasteiger partial charge on any atom is -0.314 e. The Labute approximate surface area is 121 Å². The zero-order valence-electron chi connectivity index (χ0n) is 10.7. The summed E-state index contributed by atoms with van der Waals surface area (Å²) in [5.41, 5.74) is 0. The predicted octanol–water partition coefficient (Wildman–Crippen LogP) is 2.66. The van der Waals surface area contributed by atoms with E-state index in [9.17, 15) is 0 Å². The highest BCUT2D eigenvalue weighted by molar-refractivity contribution is 7.16. The van der Waals surface area contributed by atoms with Crippen molar-refractivity contribution in [2.45, 2.75) is 38.8 Å². The number of thiophene rings is 1. The van der Waals surface area contributed by atoms with Crippen molar-refractivity contribution in [1.82, 2.24) is 20.1 Å². The van der Waals surface area contributed by atoms with E-state index in [4.69, 9.17) is 11.6 Å². The first kappa shape index (κ1) is 13.1. The molecular formula is C13H17ClN4S. The first-order valence-electron chi connectivity index (χ1n) is 6.69. The lowest BCUT2D eigenvalue weighted by Gasteiger charge is -2.14.